The monoisotopic (exact) mass is 252 g/mol. The topological polar surface area (TPSA) is 50.7 Å². The molecule has 0 amide bonds. The second kappa shape index (κ2) is 5.93. The van der Waals surface area contributed by atoms with Crippen molar-refractivity contribution in [2.24, 2.45) is 0 Å². The van der Waals surface area contributed by atoms with E-state index in [1.807, 2.05) is 12.3 Å². The normalized spacial score (nSPS) is 10.6. The number of hydrogen-bond donors (Lipinski definition) is 1. The summed E-state index contributed by atoms with van der Waals surface area (Å²) in [5.41, 5.74) is 1.20. The summed E-state index contributed by atoms with van der Waals surface area (Å²) in [6.45, 7) is 3.93. The Morgan fingerprint density at radius 3 is 2.94 bits per heavy atom. The summed E-state index contributed by atoms with van der Waals surface area (Å²) in [7, 11) is 0. The van der Waals surface area contributed by atoms with Crippen LogP contribution in [0.1, 0.15) is 12.5 Å². The van der Waals surface area contributed by atoms with Gasteiger partial charge in [-0.2, -0.15) is 4.37 Å². The van der Waals surface area contributed by atoms with Crippen LogP contribution in [0.3, 0.4) is 0 Å². The molecule has 0 bridgehead atoms. The molecule has 4 nitrogen and oxygen atoms in total. The van der Waals surface area contributed by atoms with E-state index in [9.17, 15) is 0 Å². The molecule has 2 heterocycles. The molecule has 16 heavy (non-hydrogen) atoms. The summed E-state index contributed by atoms with van der Waals surface area (Å²) < 4.78 is 4.87. The molecule has 2 aromatic rings. The van der Waals surface area contributed by atoms with Crippen LogP contribution in [0.4, 0.5) is 0 Å². The van der Waals surface area contributed by atoms with Gasteiger partial charge in [0, 0.05) is 12.7 Å². The van der Waals surface area contributed by atoms with Crippen LogP contribution < -0.4 is 5.32 Å². The van der Waals surface area contributed by atoms with Crippen molar-refractivity contribution in [2.75, 3.05) is 6.54 Å². The first kappa shape index (κ1) is 11.5. The first-order chi connectivity index (χ1) is 7.88. The summed E-state index contributed by atoms with van der Waals surface area (Å²) in [5, 5.41) is 4.22. The molecule has 0 aliphatic heterocycles. The zero-order valence-corrected chi connectivity index (χ0v) is 10.5. The van der Waals surface area contributed by atoms with E-state index in [1.54, 1.807) is 18.1 Å². The lowest BCUT2D eigenvalue weighted by Crippen LogP contribution is -2.11. The molecular formula is C10H12N4S2. The molecule has 0 radical (unpaired) electrons. The maximum atomic E-state index is 4.37. The summed E-state index contributed by atoms with van der Waals surface area (Å²) in [6, 6.07) is 4.10. The van der Waals surface area contributed by atoms with E-state index in [0.29, 0.717) is 0 Å². The molecule has 0 saturated heterocycles. The Balaban J connectivity index is 1.96. The van der Waals surface area contributed by atoms with Crippen LogP contribution in [0.5, 0.6) is 0 Å². The molecule has 84 valence electrons. The van der Waals surface area contributed by atoms with E-state index < -0.39 is 0 Å². The SMILES string of the molecule is CCNCc1ccc(Sc2ncns2)nc1. The Labute approximate surface area is 103 Å². The van der Waals surface area contributed by atoms with Gasteiger partial charge in [0.15, 0.2) is 4.34 Å². The molecule has 1 N–H and O–H groups in total. The highest BCUT2D eigenvalue weighted by atomic mass is 32.2. The van der Waals surface area contributed by atoms with Crippen molar-refractivity contribution in [3.05, 3.63) is 30.2 Å². The smallest absolute Gasteiger partial charge is 0.175 e. The lowest BCUT2D eigenvalue weighted by atomic mass is 10.3. The standard InChI is InChI=1S/C10H12N4S2/c1-2-11-5-8-3-4-9(12-6-8)15-10-13-7-14-16-10/h3-4,6-7,11H,2,5H2,1H3. The van der Waals surface area contributed by atoms with Crippen LogP contribution in [0.25, 0.3) is 0 Å². The van der Waals surface area contributed by atoms with Crippen LogP contribution in [0.2, 0.25) is 0 Å². The molecule has 2 aromatic heterocycles. The van der Waals surface area contributed by atoms with Crippen molar-refractivity contribution in [3.63, 3.8) is 0 Å². The van der Waals surface area contributed by atoms with Gasteiger partial charge in [-0.05, 0) is 41.5 Å². The van der Waals surface area contributed by atoms with Crippen LogP contribution in [0.15, 0.2) is 34.0 Å². The number of pyridine rings is 1. The van der Waals surface area contributed by atoms with E-state index in [4.69, 9.17) is 0 Å². The fourth-order valence-electron chi connectivity index (χ4n) is 1.14. The van der Waals surface area contributed by atoms with Gasteiger partial charge in [-0.1, -0.05) is 13.0 Å². The Bertz CT molecular complexity index is 413. The van der Waals surface area contributed by atoms with Gasteiger partial charge in [-0.3, -0.25) is 0 Å². The van der Waals surface area contributed by atoms with Crippen molar-refractivity contribution in [3.8, 4) is 0 Å². The summed E-state index contributed by atoms with van der Waals surface area (Å²) >= 11 is 2.93. The number of aromatic nitrogens is 3. The molecule has 0 atom stereocenters. The van der Waals surface area contributed by atoms with E-state index in [0.717, 1.165) is 22.5 Å². The van der Waals surface area contributed by atoms with Crippen LogP contribution in [0, 0.1) is 0 Å². The van der Waals surface area contributed by atoms with Gasteiger partial charge in [-0.25, -0.2) is 9.97 Å². The number of nitrogens with zero attached hydrogens (tertiary/aromatic N) is 3. The highest BCUT2D eigenvalue weighted by Crippen LogP contribution is 2.25. The molecule has 0 aliphatic carbocycles. The summed E-state index contributed by atoms with van der Waals surface area (Å²) in [5.74, 6) is 0. The minimum Gasteiger partial charge on any atom is -0.313 e. The van der Waals surface area contributed by atoms with E-state index in [-0.39, 0.29) is 0 Å². The zero-order chi connectivity index (χ0) is 11.2. The molecular weight excluding hydrogens is 240 g/mol. The molecule has 0 unspecified atom stereocenters. The molecule has 0 spiro atoms. The minimum atomic E-state index is 0.868. The Morgan fingerprint density at radius 2 is 2.31 bits per heavy atom. The first-order valence-electron chi connectivity index (χ1n) is 4.98. The zero-order valence-electron chi connectivity index (χ0n) is 8.88. The molecule has 2 rings (SSSR count). The van der Waals surface area contributed by atoms with E-state index >= 15 is 0 Å². The van der Waals surface area contributed by atoms with E-state index in [1.165, 1.54) is 17.1 Å². The van der Waals surface area contributed by atoms with Crippen LogP contribution >= 0.6 is 23.3 Å². The Hall–Kier alpha value is -0.980. The molecule has 0 fully saturated rings. The van der Waals surface area contributed by atoms with Crippen molar-refractivity contribution in [1.29, 1.82) is 0 Å². The van der Waals surface area contributed by atoms with Gasteiger partial charge in [0.25, 0.3) is 0 Å². The molecule has 0 aromatic carbocycles. The quantitative estimate of drug-likeness (QED) is 0.884. The van der Waals surface area contributed by atoms with Crippen molar-refractivity contribution in [2.45, 2.75) is 22.8 Å². The van der Waals surface area contributed by atoms with Crippen molar-refractivity contribution < 1.29 is 0 Å². The maximum absolute atomic E-state index is 4.37. The van der Waals surface area contributed by atoms with Crippen LogP contribution in [-0.2, 0) is 6.54 Å². The van der Waals surface area contributed by atoms with E-state index in [2.05, 4.69) is 32.6 Å². The number of hydrogen-bond acceptors (Lipinski definition) is 6. The Morgan fingerprint density at radius 1 is 1.38 bits per heavy atom. The molecule has 0 saturated carbocycles. The maximum Gasteiger partial charge on any atom is 0.175 e. The minimum absolute atomic E-state index is 0.868. The van der Waals surface area contributed by atoms with Gasteiger partial charge >= 0.3 is 0 Å². The first-order valence-corrected chi connectivity index (χ1v) is 6.57. The third-order valence-corrected chi connectivity index (χ3v) is 3.58. The average molecular weight is 252 g/mol. The number of rotatable bonds is 5. The average Bonchev–Trinajstić information content (AvgIpc) is 2.81. The second-order valence-electron chi connectivity index (χ2n) is 3.09. The summed E-state index contributed by atoms with van der Waals surface area (Å²) in [4.78, 5) is 8.47. The van der Waals surface area contributed by atoms with Gasteiger partial charge in [0.05, 0.1) is 0 Å². The Kier molecular flexibility index (Phi) is 4.26. The van der Waals surface area contributed by atoms with Crippen LogP contribution in [-0.4, -0.2) is 20.9 Å². The second-order valence-corrected chi connectivity index (χ2v) is 5.14. The predicted octanol–water partition coefficient (Wildman–Crippen LogP) is 2.19. The fourth-order valence-corrected chi connectivity index (χ4v) is 2.48. The third-order valence-electron chi connectivity index (χ3n) is 1.91. The highest BCUT2D eigenvalue weighted by Gasteiger charge is 2.01. The van der Waals surface area contributed by atoms with Gasteiger partial charge in [-0.15, -0.1) is 0 Å². The fraction of sp³-hybridized carbons (Fsp3) is 0.300. The van der Waals surface area contributed by atoms with Gasteiger partial charge in [0.2, 0.25) is 0 Å². The van der Waals surface area contributed by atoms with Gasteiger partial charge in [0.1, 0.15) is 11.4 Å². The highest BCUT2D eigenvalue weighted by molar-refractivity contribution is 8.00. The molecule has 6 heteroatoms. The van der Waals surface area contributed by atoms with Gasteiger partial charge < -0.3 is 5.32 Å². The lowest BCUT2D eigenvalue weighted by Gasteiger charge is -2.02. The predicted molar refractivity (Wildman–Crippen MR) is 65.6 cm³/mol. The third kappa shape index (κ3) is 3.26. The lowest BCUT2D eigenvalue weighted by molar-refractivity contribution is 0.723. The van der Waals surface area contributed by atoms with Crippen molar-refractivity contribution >= 4 is 23.3 Å². The number of nitrogens with one attached hydrogen (secondary N) is 1. The summed E-state index contributed by atoms with van der Waals surface area (Å²) in [6.07, 6.45) is 3.46. The molecule has 0 aliphatic rings. The van der Waals surface area contributed by atoms with Crippen molar-refractivity contribution in [1.82, 2.24) is 19.7 Å². The largest absolute Gasteiger partial charge is 0.313 e.